The van der Waals surface area contributed by atoms with Crippen LogP contribution in [0, 0.1) is 5.92 Å². The third-order valence-electron chi connectivity index (χ3n) is 4.23. The summed E-state index contributed by atoms with van der Waals surface area (Å²) >= 11 is 0. The van der Waals surface area contributed by atoms with Crippen molar-refractivity contribution in [3.05, 3.63) is 53.6 Å². The van der Waals surface area contributed by atoms with Gasteiger partial charge in [0.05, 0.1) is 12.0 Å². The van der Waals surface area contributed by atoms with E-state index in [4.69, 9.17) is 5.73 Å². The van der Waals surface area contributed by atoms with Crippen LogP contribution in [0.4, 0.5) is 0 Å². The Balaban J connectivity index is 1.72. The van der Waals surface area contributed by atoms with Crippen LogP contribution in [-0.2, 0) is 13.0 Å². The number of hydrogen-bond acceptors (Lipinski definition) is 2. The SMILES string of the molecule is CC(C)CC(N)c1cncn1CC1Cc2ccccc21. The largest absolute Gasteiger partial charge is 0.333 e. The van der Waals surface area contributed by atoms with Gasteiger partial charge in [-0.2, -0.15) is 0 Å². The van der Waals surface area contributed by atoms with Crippen molar-refractivity contribution in [2.45, 2.75) is 45.2 Å². The second-order valence-electron chi connectivity index (χ2n) is 6.31. The fraction of sp³-hybridized carbons (Fsp3) is 0.471. The maximum absolute atomic E-state index is 6.31. The Kier molecular flexibility index (Phi) is 3.62. The predicted molar refractivity (Wildman–Crippen MR) is 81.5 cm³/mol. The summed E-state index contributed by atoms with van der Waals surface area (Å²) in [6.45, 7) is 5.42. The van der Waals surface area contributed by atoms with Crippen LogP contribution in [-0.4, -0.2) is 9.55 Å². The Bertz CT molecular complexity index is 585. The second-order valence-corrected chi connectivity index (χ2v) is 6.31. The molecule has 1 aliphatic rings. The van der Waals surface area contributed by atoms with Crippen LogP contribution < -0.4 is 5.73 Å². The Hall–Kier alpha value is -1.61. The third-order valence-corrected chi connectivity index (χ3v) is 4.23. The van der Waals surface area contributed by atoms with E-state index in [0.29, 0.717) is 11.8 Å². The molecule has 3 rings (SSSR count). The summed E-state index contributed by atoms with van der Waals surface area (Å²) in [7, 11) is 0. The number of hydrogen-bond donors (Lipinski definition) is 1. The number of nitrogens with zero attached hydrogens (tertiary/aromatic N) is 2. The first-order chi connectivity index (χ1) is 9.65. The molecule has 2 N–H and O–H groups in total. The molecule has 0 radical (unpaired) electrons. The van der Waals surface area contributed by atoms with Crippen LogP contribution in [0.25, 0.3) is 0 Å². The van der Waals surface area contributed by atoms with Gasteiger partial charge >= 0.3 is 0 Å². The number of nitrogens with two attached hydrogens (primary N) is 1. The predicted octanol–water partition coefficient (Wildman–Crippen LogP) is 3.27. The molecule has 20 heavy (non-hydrogen) atoms. The highest BCUT2D eigenvalue weighted by atomic mass is 15.1. The van der Waals surface area contributed by atoms with E-state index in [1.165, 1.54) is 23.2 Å². The van der Waals surface area contributed by atoms with E-state index in [1.54, 1.807) is 0 Å². The summed E-state index contributed by atoms with van der Waals surface area (Å²) in [5.41, 5.74) is 10.5. The maximum atomic E-state index is 6.31. The van der Waals surface area contributed by atoms with Crippen LogP contribution in [0.1, 0.15) is 49.0 Å². The molecule has 0 bridgehead atoms. The fourth-order valence-corrected chi connectivity index (χ4v) is 3.18. The molecule has 2 atom stereocenters. The third kappa shape index (κ3) is 2.50. The number of rotatable bonds is 5. The van der Waals surface area contributed by atoms with Crippen LogP contribution in [0.2, 0.25) is 0 Å². The standard InChI is InChI=1S/C17H23N3/c1-12(2)7-16(18)17-9-19-11-20(17)10-14-8-13-5-3-4-6-15(13)14/h3-6,9,11-12,14,16H,7-8,10,18H2,1-2H3. The van der Waals surface area contributed by atoms with E-state index < -0.39 is 0 Å². The van der Waals surface area contributed by atoms with Gasteiger partial charge in [-0.1, -0.05) is 38.1 Å². The zero-order valence-corrected chi connectivity index (χ0v) is 12.3. The van der Waals surface area contributed by atoms with Gasteiger partial charge in [-0.3, -0.25) is 0 Å². The van der Waals surface area contributed by atoms with Gasteiger partial charge in [0, 0.05) is 24.7 Å². The number of aromatic nitrogens is 2. The van der Waals surface area contributed by atoms with Crippen molar-refractivity contribution in [2.24, 2.45) is 11.7 Å². The summed E-state index contributed by atoms with van der Waals surface area (Å²) < 4.78 is 2.24. The van der Waals surface area contributed by atoms with Crippen molar-refractivity contribution < 1.29 is 0 Å². The van der Waals surface area contributed by atoms with Crippen molar-refractivity contribution in [1.29, 1.82) is 0 Å². The van der Waals surface area contributed by atoms with Gasteiger partial charge in [-0.05, 0) is 29.9 Å². The van der Waals surface area contributed by atoms with E-state index in [0.717, 1.165) is 13.0 Å². The number of imidazole rings is 1. The minimum absolute atomic E-state index is 0.0906. The van der Waals surface area contributed by atoms with Crippen molar-refractivity contribution in [3.8, 4) is 0 Å². The molecule has 1 aromatic carbocycles. The lowest BCUT2D eigenvalue weighted by Gasteiger charge is -2.31. The summed E-state index contributed by atoms with van der Waals surface area (Å²) in [4.78, 5) is 4.30. The second kappa shape index (κ2) is 5.41. The van der Waals surface area contributed by atoms with Crippen LogP contribution >= 0.6 is 0 Å². The molecular weight excluding hydrogens is 246 g/mol. The Labute approximate surface area is 120 Å². The lowest BCUT2D eigenvalue weighted by Crippen LogP contribution is -2.24. The minimum atomic E-state index is 0.0906. The topological polar surface area (TPSA) is 43.8 Å². The van der Waals surface area contributed by atoms with Crippen LogP contribution in [0.3, 0.4) is 0 Å². The highest BCUT2D eigenvalue weighted by molar-refractivity contribution is 5.39. The van der Waals surface area contributed by atoms with Gasteiger partial charge in [-0.25, -0.2) is 4.98 Å². The molecule has 3 heteroatoms. The quantitative estimate of drug-likeness (QED) is 0.905. The monoisotopic (exact) mass is 269 g/mol. The summed E-state index contributed by atoms with van der Waals surface area (Å²) in [6, 6.07) is 8.81. The van der Waals surface area contributed by atoms with Crippen molar-refractivity contribution >= 4 is 0 Å². The molecule has 0 aliphatic heterocycles. The molecule has 0 saturated heterocycles. The number of fused-ring (bicyclic) bond motifs is 1. The Morgan fingerprint density at radius 3 is 2.90 bits per heavy atom. The van der Waals surface area contributed by atoms with E-state index in [1.807, 2.05) is 12.5 Å². The highest BCUT2D eigenvalue weighted by Gasteiger charge is 2.26. The van der Waals surface area contributed by atoms with E-state index >= 15 is 0 Å². The first-order valence-corrected chi connectivity index (χ1v) is 7.48. The lowest BCUT2D eigenvalue weighted by molar-refractivity contribution is 0.453. The summed E-state index contributed by atoms with van der Waals surface area (Å²) in [5, 5.41) is 0. The normalized spacial score (nSPS) is 18.7. The van der Waals surface area contributed by atoms with Crippen molar-refractivity contribution in [3.63, 3.8) is 0 Å². The van der Waals surface area contributed by atoms with E-state index in [9.17, 15) is 0 Å². The molecule has 1 aliphatic carbocycles. The maximum Gasteiger partial charge on any atom is 0.0948 e. The van der Waals surface area contributed by atoms with E-state index in [2.05, 4.69) is 47.7 Å². The zero-order valence-electron chi connectivity index (χ0n) is 12.3. The smallest absolute Gasteiger partial charge is 0.0948 e. The fourth-order valence-electron chi connectivity index (χ4n) is 3.18. The van der Waals surface area contributed by atoms with Crippen molar-refractivity contribution in [1.82, 2.24) is 9.55 Å². The molecule has 0 amide bonds. The first-order valence-electron chi connectivity index (χ1n) is 7.48. The van der Waals surface area contributed by atoms with Gasteiger partial charge in [0.2, 0.25) is 0 Å². The molecule has 106 valence electrons. The highest BCUT2D eigenvalue weighted by Crippen LogP contribution is 2.36. The van der Waals surface area contributed by atoms with E-state index in [-0.39, 0.29) is 6.04 Å². The van der Waals surface area contributed by atoms with Gasteiger partial charge in [0.25, 0.3) is 0 Å². The Morgan fingerprint density at radius 2 is 2.15 bits per heavy atom. The number of benzene rings is 1. The molecule has 1 aromatic heterocycles. The molecule has 2 unspecified atom stereocenters. The Morgan fingerprint density at radius 1 is 1.35 bits per heavy atom. The lowest BCUT2D eigenvalue weighted by atomic mass is 9.77. The molecular formula is C17H23N3. The molecule has 0 spiro atoms. The molecule has 2 aromatic rings. The minimum Gasteiger partial charge on any atom is -0.333 e. The molecule has 0 fully saturated rings. The average Bonchev–Trinajstić information content (AvgIpc) is 2.83. The zero-order chi connectivity index (χ0) is 14.1. The molecule has 0 saturated carbocycles. The van der Waals surface area contributed by atoms with Crippen LogP contribution in [0.15, 0.2) is 36.8 Å². The van der Waals surface area contributed by atoms with Gasteiger partial charge in [-0.15, -0.1) is 0 Å². The molecule has 3 nitrogen and oxygen atoms in total. The van der Waals surface area contributed by atoms with Gasteiger partial charge in [0.15, 0.2) is 0 Å². The van der Waals surface area contributed by atoms with Gasteiger partial charge in [0.1, 0.15) is 0 Å². The van der Waals surface area contributed by atoms with Gasteiger partial charge < -0.3 is 10.3 Å². The summed E-state index contributed by atoms with van der Waals surface area (Å²) in [5.74, 6) is 1.23. The van der Waals surface area contributed by atoms with Crippen molar-refractivity contribution in [2.75, 3.05) is 0 Å². The molecule has 1 heterocycles. The first kappa shape index (κ1) is 13.4. The van der Waals surface area contributed by atoms with Crippen LogP contribution in [0.5, 0.6) is 0 Å². The summed E-state index contributed by atoms with van der Waals surface area (Å²) in [6.07, 6.45) is 6.04. The average molecular weight is 269 g/mol.